The van der Waals surface area contributed by atoms with Gasteiger partial charge in [0.2, 0.25) is 0 Å². The molecule has 1 amide bonds. The van der Waals surface area contributed by atoms with Crippen LogP contribution in [-0.4, -0.2) is 41.4 Å². The van der Waals surface area contributed by atoms with Gasteiger partial charge >= 0.3 is 6.09 Å². The van der Waals surface area contributed by atoms with E-state index >= 15 is 0 Å². The fraction of sp³-hybridized carbons (Fsp3) is 0.917. The van der Waals surface area contributed by atoms with Crippen molar-refractivity contribution in [3.63, 3.8) is 0 Å². The molecule has 1 aliphatic rings. The summed E-state index contributed by atoms with van der Waals surface area (Å²) < 4.78 is 5.21. The van der Waals surface area contributed by atoms with Crippen molar-refractivity contribution in [1.82, 2.24) is 4.90 Å². The molecule has 0 heterocycles. The Hall–Kier alpha value is -0.770. The monoisotopic (exact) mass is 229 g/mol. The van der Waals surface area contributed by atoms with E-state index in [2.05, 4.69) is 0 Å². The third-order valence-corrected chi connectivity index (χ3v) is 2.86. The van der Waals surface area contributed by atoms with Crippen LogP contribution in [0.4, 0.5) is 4.79 Å². The van der Waals surface area contributed by atoms with Crippen molar-refractivity contribution in [3.8, 4) is 0 Å². The van der Waals surface area contributed by atoms with Gasteiger partial charge in [0.1, 0.15) is 5.60 Å². The van der Waals surface area contributed by atoms with Crippen LogP contribution in [0.1, 0.15) is 40.0 Å². The lowest BCUT2D eigenvalue weighted by Gasteiger charge is -2.33. The number of ether oxygens (including phenoxy) is 1. The Kier molecular flexibility index (Phi) is 4.19. The summed E-state index contributed by atoms with van der Waals surface area (Å²) in [4.78, 5) is 13.1. The van der Waals surface area contributed by atoms with Gasteiger partial charge in [0.05, 0.1) is 6.10 Å². The fourth-order valence-electron chi connectivity index (χ4n) is 1.67. The maximum atomic E-state index is 11.6. The topological polar surface area (TPSA) is 49.8 Å². The molecule has 1 fully saturated rings. The first-order chi connectivity index (χ1) is 7.29. The van der Waals surface area contributed by atoms with Gasteiger partial charge in [-0.05, 0) is 39.5 Å². The van der Waals surface area contributed by atoms with E-state index < -0.39 is 11.7 Å². The molecule has 1 atom stereocenters. The van der Waals surface area contributed by atoms with Gasteiger partial charge in [-0.25, -0.2) is 4.79 Å². The SMILES string of the molecule is CN(CC(O)C1CCC1)C(=O)OC(C)(C)C. The van der Waals surface area contributed by atoms with Gasteiger partial charge in [-0.3, -0.25) is 0 Å². The molecule has 0 saturated heterocycles. The van der Waals surface area contributed by atoms with Crippen LogP contribution in [-0.2, 0) is 4.74 Å². The molecule has 0 aliphatic heterocycles. The van der Waals surface area contributed by atoms with Gasteiger partial charge in [0.15, 0.2) is 0 Å². The number of amides is 1. The molecular formula is C12H23NO3. The highest BCUT2D eigenvalue weighted by Crippen LogP contribution is 2.29. The third kappa shape index (κ3) is 4.00. The molecule has 4 heteroatoms. The molecule has 1 N–H and O–H groups in total. The molecule has 0 radical (unpaired) electrons. The van der Waals surface area contributed by atoms with E-state index in [4.69, 9.17) is 4.74 Å². The minimum absolute atomic E-state index is 0.361. The zero-order chi connectivity index (χ0) is 12.3. The van der Waals surface area contributed by atoms with Crippen molar-refractivity contribution in [2.75, 3.05) is 13.6 Å². The predicted octanol–water partition coefficient (Wildman–Crippen LogP) is 2.01. The average Bonchev–Trinajstić information content (AvgIpc) is 1.96. The van der Waals surface area contributed by atoms with Crippen LogP contribution in [0.2, 0.25) is 0 Å². The van der Waals surface area contributed by atoms with Crippen LogP contribution in [0.25, 0.3) is 0 Å². The summed E-state index contributed by atoms with van der Waals surface area (Å²) in [5.41, 5.74) is -0.479. The Bertz CT molecular complexity index is 243. The van der Waals surface area contributed by atoms with Crippen molar-refractivity contribution in [3.05, 3.63) is 0 Å². The molecule has 16 heavy (non-hydrogen) atoms. The van der Waals surface area contributed by atoms with Gasteiger partial charge in [0.25, 0.3) is 0 Å². The molecule has 1 saturated carbocycles. The van der Waals surface area contributed by atoms with Crippen LogP contribution < -0.4 is 0 Å². The number of carbonyl (C=O) groups excluding carboxylic acids is 1. The number of hydrogen-bond donors (Lipinski definition) is 1. The highest BCUT2D eigenvalue weighted by molar-refractivity contribution is 5.67. The number of hydrogen-bond acceptors (Lipinski definition) is 3. The Morgan fingerprint density at radius 1 is 1.50 bits per heavy atom. The first kappa shape index (κ1) is 13.3. The van der Waals surface area contributed by atoms with Gasteiger partial charge < -0.3 is 14.7 Å². The van der Waals surface area contributed by atoms with Crippen LogP contribution in [0.3, 0.4) is 0 Å². The molecule has 1 aliphatic carbocycles. The normalized spacial score (nSPS) is 18.8. The van der Waals surface area contributed by atoms with Gasteiger partial charge in [-0.1, -0.05) is 6.42 Å². The van der Waals surface area contributed by atoms with Gasteiger partial charge in [-0.2, -0.15) is 0 Å². The van der Waals surface area contributed by atoms with Crippen LogP contribution in [0, 0.1) is 5.92 Å². The second-order valence-corrected chi connectivity index (χ2v) is 5.62. The van der Waals surface area contributed by atoms with E-state index in [1.165, 1.54) is 11.3 Å². The Labute approximate surface area is 97.6 Å². The molecular weight excluding hydrogens is 206 g/mol. The summed E-state index contributed by atoms with van der Waals surface area (Å²) in [5.74, 6) is 0.366. The van der Waals surface area contributed by atoms with Crippen molar-refractivity contribution >= 4 is 6.09 Å². The molecule has 1 rings (SSSR count). The molecule has 0 aromatic carbocycles. The van der Waals surface area contributed by atoms with Crippen LogP contribution in [0.5, 0.6) is 0 Å². The number of carbonyl (C=O) groups is 1. The van der Waals surface area contributed by atoms with Crippen molar-refractivity contribution in [2.24, 2.45) is 5.92 Å². The van der Waals surface area contributed by atoms with Crippen LogP contribution in [0.15, 0.2) is 0 Å². The number of likely N-dealkylation sites (N-methyl/N-ethyl adjacent to an activating group) is 1. The quantitative estimate of drug-likeness (QED) is 0.805. The summed E-state index contributed by atoms with van der Waals surface area (Å²) in [5, 5.41) is 9.84. The lowest BCUT2D eigenvalue weighted by molar-refractivity contribution is 0.00404. The maximum Gasteiger partial charge on any atom is 0.410 e. The number of rotatable bonds is 3. The Balaban J connectivity index is 2.33. The first-order valence-corrected chi connectivity index (χ1v) is 5.92. The lowest BCUT2D eigenvalue weighted by Crippen LogP contribution is -2.42. The third-order valence-electron chi connectivity index (χ3n) is 2.86. The highest BCUT2D eigenvalue weighted by Gasteiger charge is 2.28. The molecule has 0 aromatic rings. The summed E-state index contributed by atoms with van der Waals surface area (Å²) in [6, 6.07) is 0. The number of aliphatic hydroxyl groups is 1. The Morgan fingerprint density at radius 2 is 2.06 bits per heavy atom. The van der Waals surface area contributed by atoms with E-state index in [0.29, 0.717) is 12.5 Å². The second-order valence-electron chi connectivity index (χ2n) is 5.62. The van der Waals surface area contributed by atoms with Crippen molar-refractivity contribution in [1.29, 1.82) is 0 Å². The molecule has 1 unspecified atom stereocenters. The minimum Gasteiger partial charge on any atom is -0.444 e. The van der Waals surface area contributed by atoms with Crippen LogP contribution >= 0.6 is 0 Å². The maximum absolute atomic E-state index is 11.6. The second kappa shape index (κ2) is 5.04. The van der Waals surface area contributed by atoms with E-state index in [1.54, 1.807) is 7.05 Å². The summed E-state index contributed by atoms with van der Waals surface area (Å²) >= 11 is 0. The highest BCUT2D eigenvalue weighted by atomic mass is 16.6. The van der Waals surface area contributed by atoms with Crippen molar-refractivity contribution in [2.45, 2.75) is 51.7 Å². The summed E-state index contributed by atoms with van der Waals surface area (Å²) in [6.07, 6.45) is 2.56. The largest absolute Gasteiger partial charge is 0.444 e. The molecule has 0 bridgehead atoms. The van der Waals surface area contributed by atoms with Gasteiger partial charge in [0, 0.05) is 13.6 Å². The molecule has 94 valence electrons. The van der Waals surface area contributed by atoms with E-state index in [-0.39, 0.29) is 6.09 Å². The van der Waals surface area contributed by atoms with E-state index in [9.17, 15) is 9.90 Å². The summed E-state index contributed by atoms with van der Waals surface area (Å²) in [7, 11) is 1.66. The zero-order valence-corrected chi connectivity index (χ0v) is 10.7. The number of nitrogens with zero attached hydrogens (tertiary/aromatic N) is 1. The molecule has 0 spiro atoms. The van der Waals surface area contributed by atoms with Crippen molar-refractivity contribution < 1.29 is 14.6 Å². The fourth-order valence-corrected chi connectivity index (χ4v) is 1.67. The number of aliphatic hydroxyl groups excluding tert-OH is 1. The average molecular weight is 229 g/mol. The Morgan fingerprint density at radius 3 is 2.44 bits per heavy atom. The minimum atomic E-state index is -0.479. The molecule has 0 aromatic heterocycles. The van der Waals surface area contributed by atoms with Gasteiger partial charge in [-0.15, -0.1) is 0 Å². The zero-order valence-electron chi connectivity index (χ0n) is 10.7. The van der Waals surface area contributed by atoms with E-state index in [1.807, 2.05) is 20.8 Å². The summed E-state index contributed by atoms with van der Waals surface area (Å²) in [6.45, 7) is 5.86. The molecule has 4 nitrogen and oxygen atoms in total. The lowest BCUT2D eigenvalue weighted by atomic mass is 9.81. The predicted molar refractivity (Wildman–Crippen MR) is 62.2 cm³/mol. The first-order valence-electron chi connectivity index (χ1n) is 5.92. The van der Waals surface area contributed by atoms with E-state index in [0.717, 1.165) is 12.8 Å². The standard InChI is InChI=1S/C12H23NO3/c1-12(2,3)16-11(15)13(4)8-10(14)9-6-5-7-9/h9-10,14H,5-8H2,1-4H3. The smallest absolute Gasteiger partial charge is 0.410 e.